The minimum atomic E-state index is -5.39. The van der Waals surface area contributed by atoms with Gasteiger partial charge in [0.05, 0.1) is 0 Å². The highest BCUT2D eigenvalue weighted by Gasteiger charge is 1.90. The molecule has 0 spiro atoms. The smallest absolute Gasteiger partial charge is 0.0533 e. The van der Waals surface area contributed by atoms with Gasteiger partial charge in [-0.3, -0.25) is 0 Å². The third-order valence-electron chi connectivity index (χ3n) is 2.46. The lowest BCUT2D eigenvalue weighted by molar-refractivity contribution is -0.434. The van der Waals surface area contributed by atoms with E-state index in [1.54, 1.807) is 0 Å². The van der Waals surface area contributed by atoms with Gasteiger partial charge in [0, 0.05) is 0 Å². The average Bonchev–Trinajstić information content (AvgIpc) is 2.28. The molecule has 154 valence electrons. The summed E-state index contributed by atoms with van der Waals surface area (Å²) in [6, 6.07) is 0. The van der Waals surface area contributed by atoms with E-state index < -0.39 is 15.6 Å². The molecule has 11 heteroatoms. The van der Waals surface area contributed by atoms with Crippen LogP contribution >= 0.6 is 15.6 Å². The van der Waals surface area contributed by atoms with Crippen LogP contribution in [0.3, 0.4) is 0 Å². The molecule has 24 heavy (non-hydrogen) atoms. The molecule has 0 rings (SSSR count). The molecule has 0 aromatic carbocycles. The first-order chi connectivity index (χ1) is 9.91. The molecule has 0 aromatic rings. The summed E-state index contributed by atoms with van der Waals surface area (Å²) < 4.78 is 17.1. The lowest BCUT2D eigenvalue weighted by Crippen LogP contribution is -2.24. The van der Waals surface area contributed by atoms with Crippen molar-refractivity contribution in [2.75, 3.05) is 0 Å². The fourth-order valence-corrected chi connectivity index (χ4v) is 1.56. The molecule has 0 radical (unpaired) electrons. The van der Waals surface area contributed by atoms with Crippen LogP contribution in [0.5, 0.6) is 0 Å². The van der Waals surface area contributed by atoms with E-state index in [0.29, 0.717) is 0 Å². The van der Waals surface area contributed by atoms with Gasteiger partial charge in [-0.15, -0.1) is 0 Å². The van der Waals surface area contributed by atoms with Crippen LogP contribution in [-0.2, 0) is 9.13 Å². The molecule has 0 amide bonds. The minimum Gasteiger partial charge on any atom is -0.822 e. The van der Waals surface area contributed by atoms with Crippen molar-refractivity contribution in [1.29, 1.82) is 0 Å². The van der Waals surface area contributed by atoms with Gasteiger partial charge in [0.2, 0.25) is 0 Å². The van der Waals surface area contributed by atoms with Gasteiger partial charge in [0.1, 0.15) is 0 Å². The van der Waals surface area contributed by atoms with Crippen molar-refractivity contribution in [3.05, 3.63) is 0 Å². The molecule has 0 aliphatic carbocycles. The van der Waals surface area contributed by atoms with Crippen molar-refractivity contribution in [3.63, 3.8) is 0 Å². The van der Waals surface area contributed by atoms with Crippen LogP contribution in [0.1, 0.15) is 85.5 Å². The highest BCUT2D eigenvalue weighted by atomic mass is 31.2. The standard InChI is InChI=1S/C12H26.CH4.2H3O4P.H2O/c1-3-5-7-9-11-12-10-8-6-4-2;;2*1-5(2,3)4;/h3-12H2,1-2H3;1H4;2*(H3,1,2,3,4);1H2/p-6. The Morgan fingerprint density at radius 1 is 0.542 bits per heavy atom. The first-order valence-corrected chi connectivity index (χ1v) is 10.3. The van der Waals surface area contributed by atoms with Gasteiger partial charge >= 0.3 is 0 Å². The van der Waals surface area contributed by atoms with E-state index in [9.17, 15) is 0 Å². The van der Waals surface area contributed by atoms with E-state index in [2.05, 4.69) is 13.8 Å². The van der Waals surface area contributed by atoms with Gasteiger partial charge in [0.25, 0.3) is 0 Å². The van der Waals surface area contributed by atoms with E-state index in [4.69, 9.17) is 38.5 Å². The average molecular weight is 394 g/mol. The van der Waals surface area contributed by atoms with Gasteiger partial charge < -0.3 is 44.0 Å². The SMILES string of the molecule is C.CCCCCCCCCCCC.O.O=P([O-])([O-])[O-].O=P([O-])([O-])[O-]. The fraction of sp³-hybridized carbons (Fsp3) is 1.00. The summed E-state index contributed by atoms with van der Waals surface area (Å²) in [7, 11) is -10.8. The zero-order valence-corrected chi connectivity index (χ0v) is 15.5. The number of hydrogen-bond donors (Lipinski definition) is 0. The van der Waals surface area contributed by atoms with Crippen molar-refractivity contribution in [2.24, 2.45) is 0 Å². The Morgan fingerprint density at radius 2 is 0.667 bits per heavy atom. The van der Waals surface area contributed by atoms with E-state index in [-0.39, 0.29) is 12.9 Å². The zero-order chi connectivity index (χ0) is 18.1. The summed E-state index contributed by atoms with van der Waals surface area (Å²) in [6.07, 6.45) is 14.4. The van der Waals surface area contributed by atoms with Gasteiger partial charge in [-0.2, -0.15) is 15.6 Å². The second kappa shape index (κ2) is 23.2. The van der Waals surface area contributed by atoms with Crippen LogP contribution in [0.2, 0.25) is 0 Å². The van der Waals surface area contributed by atoms with Crippen LogP contribution in [0.4, 0.5) is 0 Å². The second-order valence-corrected chi connectivity index (χ2v) is 6.51. The van der Waals surface area contributed by atoms with Gasteiger partial charge in [-0.1, -0.05) is 85.5 Å². The maximum Gasteiger partial charge on any atom is -0.0533 e. The lowest BCUT2D eigenvalue weighted by atomic mass is 10.1. The van der Waals surface area contributed by atoms with Crippen molar-refractivity contribution >= 4 is 15.6 Å². The van der Waals surface area contributed by atoms with Crippen molar-refractivity contribution in [2.45, 2.75) is 85.5 Å². The maximum atomic E-state index is 8.55. The molecule has 0 atom stereocenters. The Labute approximate surface area is 145 Å². The van der Waals surface area contributed by atoms with Crippen LogP contribution in [0.25, 0.3) is 0 Å². The molecule has 0 heterocycles. The van der Waals surface area contributed by atoms with Crippen LogP contribution in [0, 0.1) is 0 Å². The van der Waals surface area contributed by atoms with Crippen LogP contribution < -0.4 is 29.4 Å². The predicted molar refractivity (Wildman–Crippen MR) is 83.1 cm³/mol. The molecule has 0 saturated carbocycles. The molecule has 2 N–H and O–H groups in total. The van der Waals surface area contributed by atoms with Crippen molar-refractivity contribution in [3.8, 4) is 0 Å². The Morgan fingerprint density at radius 3 is 0.792 bits per heavy atom. The van der Waals surface area contributed by atoms with Crippen LogP contribution in [0.15, 0.2) is 0 Å². The summed E-state index contributed by atoms with van der Waals surface area (Å²) in [5, 5.41) is 0. The van der Waals surface area contributed by atoms with Gasteiger partial charge in [0.15, 0.2) is 0 Å². The molecule has 0 aromatic heterocycles. The Bertz CT molecular complexity index is 255. The van der Waals surface area contributed by atoms with Crippen molar-refractivity contribution in [1.82, 2.24) is 0 Å². The zero-order valence-electron chi connectivity index (χ0n) is 13.7. The quantitative estimate of drug-likeness (QED) is 0.352. The molecular weight excluding hydrogens is 362 g/mol. The van der Waals surface area contributed by atoms with E-state index in [0.717, 1.165) is 0 Å². The molecular formula is C13H32O9P2-6. The first kappa shape index (κ1) is 35.3. The predicted octanol–water partition coefficient (Wildman–Crippen LogP) is -0.911. The largest absolute Gasteiger partial charge is 0.822 e. The first-order valence-electron chi connectivity index (χ1n) is 7.37. The molecule has 0 fully saturated rings. The third-order valence-corrected chi connectivity index (χ3v) is 2.46. The Hall–Kier alpha value is 0.180. The summed E-state index contributed by atoms with van der Waals surface area (Å²) in [6.45, 7) is 4.56. The number of rotatable bonds is 9. The molecule has 9 nitrogen and oxygen atoms in total. The summed E-state index contributed by atoms with van der Waals surface area (Å²) in [4.78, 5) is 51.3. The summed E-state index contributed by atoms with van der Waals surface area (Å²) in [5.74, 6) is 0. The van der Waals surface area contributed by atoms with E-state index in [1.165, 1.54) is 64.2 Å². The normalized spacial score (nSPS) is 10.2. The van der Waals surface area contributed by atoms with E-state index in [1.807, 2.05) is 0 Å². The van der Waals surface area contributed by atoms with E-state index >= 15 is 0 Å². The second-order valence-electron chi connectivity index (χ2n) is 4.72. The summed E-state index contributed by atoms with van der Waals surface area (Å²) >= 11 is 0. The molecule has 0 unspecified atom stereocenters. The highest BCUT2D eigenvalue weighted by Crippen LogP contribution is 2.09. The molecule has 0 bridgehead atoms. The molecule has 0 aliphatic heterocycles. The Balaban J connectivity index is -0.0000000847. The number of phosphoric acid groups is 2. The lowest BCUT2D eigenvalue weighted by Gasteiger charge is -2.36. The number of unbranched alkanes of at least 4 members (excludes halogenated alkanes) is 9. The van der Waals surface area contributed by atoms with Gasteiger partial charge in [-0.05, 0) is 0 Å². The highest BCUT2D eigenvalue weighted by molar-refractivity contribution is 7.40. The maximum absolute atomic E-state index is 8.55. The van der Waals surface area contributed by atoms with Crippen LogP contribution in [-0.4, -0.2) is 5.48 Å². The molecule has 0 saturated heterocycles. The topological polar surface area (TPSA) is 204 Å². The van der Waals surface area contributed by atoms with Gasteiger partial charge in [-0.25, -0.2) is 0 Å². The Kier molecular flexibility index (Phi) is 34.1. The third kappa shape index (κ3) is 118. The minimum absolute atomic E-state index is 0. The van der Waals surface area contributed by atoms with Crippen molar-refractivity contribution < 1.29 is 44.0 Å². The monoisotopic (exact) mass is 394 g/mol. The summed E-state index contributed by atoms with van der Waals surface area (Å²) in [5.41, 5.74) is 0. The number of hydrogen-bond acceptors (Lipinski definition) is 8. The fourth-order valence-electron chi connectivity index (χ4n) is 1.56. The molecule has 0 aliphatic rings.